The summed E-state index contributed by atoms with van der Waals surface area (Å²) in [4.78, 5) is 4.63. The first-order chi connectivity index (χ1) is 15.0. The normalized spacial score (nSPS) is 17.2. The highest BCUT2D eigenvalue weighted by Crippen LogP contribution is 2.41. The average Bonchev–Trinajstić information content (AvgIpc) is 2.74. The zero-order valence-corrected chi connectivity index (χ0v) is 21.2. The van der Waals surface area contributed by atoms with Gasteiger partial charge in [-0.2, -0.15) is 0 Å². The van der Waals surface area contributed by atoms with Crippen molar-refractivity contribution in [3.8, 4) is 0 Å². The quantitative estimate of drug-likeness (QED) is 0.541. The summed E-state index contributed by atoms with van der Waals surface area (Å²) in [6.07, 6.45) is 1.71. The largest absolute Gasteiger partial charge is 0.398 e. The van der Waals surface area contributed by atoms with Gasteiger partial charge in [-0.25, -0.2) is 0 Å². The number of anilines is 2. The van der Waals surface area contributed by atoms with E-state index in [-0.39, 0.29) is 6.17 Å². The number of nitrogens with zero attached hydrogens (tertiary/aromatic N) is 2. The predicted octanol–water partition coefficient (Wildman–Crippen LogP) is 6.55. The number of benzene rings is 2. The van der Waals surface area contributed by atoms with Crippen LogP contribution in [-0.4, -0.2) is 12.8 Å². The van der Waals surface area contributed by atoms with Gasteiger partial charge < -0.3 is 21.3 Å². The van der Waals surface area contributed by atoms with Gasteiger partial charge in [0.15, 0.2) is 0 Å². The topological polar surface area (TPSA) is 58.5 Å². The maximum absolute atomic E-state index is 6.73. The molecule has 0 spiro atoms. The Morgan fingerprint density at radius 3 is 1.44 bits per heavy atom. The van der Waals surface area contributed by atoms with E-state index in [2.05, 4.69) is 108 Å². The van der Waals surface area contributed by atoms with Crippen molar-refractivity contribution in [3.63, 3.8) is 0 Å². The number of para-hydroxylation sites is 2. The van der Waals surface area contributed by atoms with Crippen LogP contribution >= 0.6 is 0 Å². The zero-order valence-electron chi connectivity index (χ0n) is 21.2. The maximum Gasteiger partial charge on any atom is 0.121 e. The van der Waals surface area contributed by atoms with Crippen LogP contribution < -0.4 is 21.3 Å². The van der Waals surface area contributed by atoms with Gasteiger partial charge in [-0.3, -0.25) is 0 Å². The zero-order chi connectivity index (χ0) is 23.7. The van der Waals surface area contributed by atoms with Crippen molar-refractivity contribution in [2.75, 3.05) is 16.5 Å². The molecule has 32 heavy (non-hydrogen) atoms. The van der Waals surface area contributed by atoms with E-state index in [0.717, 1.165) is 0 Å². The number of hydrogen-bond donors (Lipinski definition) is 2. The Morgan fingerprint density at radius 2 is 1.06 bits per heavy atom. The summed E-state index contributed by atoms with van der Waals surface area (Å²) in [5.41, 5.74) is 21.9. The second-order valence-electron chi connectivity index (χ2n) is 10.3. The van der Waals surface area contributed by atoms with Gasteiger partial charge in [0.1, 0.15) is 6.17 Å². The molecule has 0 fully saturated rings. The van der Waals surface area contributed by atoms with Crippen LogP contribution in [0.5, 0.6) is 0 Å². The summed E-state index contributed by atoms with van der Waals surface area (Å²) in [6.45, 7) is 18.7. The van der Waals surface area contributed by atoms with E-state index in [4.69, 9.17) is 11.5 Å². The van der Waals surface area contributed by atoms with Crippen LogP contribution in [0.15, 0.2) is 48.3 Å². The molecule has 0 saturated heterocycles. The molecule has 1 aliphatic rings. The summed E-state index contributed by atoms with van der Waals surface area (Å²) in [7, 11) is 0. The molecule has 4 nitrogen and oxygen atoms in total. The fraction of sp³-hybridized carbons (Fsp3) is 0.500. The van der Waals surface area contributed by atoms with Gasteiger partial charge in [0.25, 0.3) is 0 Å². The van der Waals surface area contributed by atoms with E-state index in [9.17, 15) is 0 Å². The van der Waals surface area contributed by atoms with Crippen molar-refractivity contribution >= 4 is 11.4 Å². The monoisotopic (exact) mass is 434 g/mol. The third-order valence-corrected chi connectivity index (χ3v) is 6.55. The SMILES string of the molecule is CC(C)c1cccc(C(C)C)c1N1C=C(N)C(N)N(c2c(C(C)C)cccc2C(C)C)C1. The first-order valence-electron chi connectivity index (χ1n) is 12.1. The van der Waals surface area contributed by atoms with Gasteiger partial charge in [-0.05, 0) is 45.9 Å². The second-order valence-corrected chi connectivity index (χ2v) is 10.3. The summed E-state index contributed by atoms with van der Waals surface area (Å²) in [5.74, 6) is 1.62. The van der Waals surface area contributed by atoms with Crippen molar-refractivity contribution in [1.29, 1.82) is 0 Å². The standard InChI is InChI=1S/C28H42N4/c1-17(2)21-11-9-12-22(18(3)4)26(21)31-15-25(29)28(30)32(16-31)27-23(19(5)6)13-10-14-24(27)20(7)8/h9-15,17-20,28H,16,29-30H2,1-8H3. The van der Waals surface area contributed by atoms with E-state index < -0.39 is 0 Å². The first kappa shape index (κ1) is 24.2. The molecule has 0 aliphatic carbocycles. The Balaban J connectivity index is 2.21. The molecular formula is C28H42N4. The van der Waals surface area contributed by atoms with Crippen LogP contribution in [0.2, 0.25) is 0 Å². The molecule has 2 aromatic carbocycles. The Labute approximate surface area is 195 Å². The Hall–Kier alpha value is -2.46. The number of hydrogen-bond acceptors (Lipinski definition) is 4. The molecule has 3 rings (SSSR count). The lowest BCUT2D eigenvalue weighted by Gasteiger charge is -2.44. The molecular weight excluding hydrogens is 392 g/mol. The first-order valence-corrected chi connectivity index (χ1v) is 12.1. The average molecular weight is 435 g/mol. The third-order valence-electron chi connectivity index (χ3n) is 6.55. The Morgan fingerprint density at radius 1 is 0.688 bits per heavy atom. The minimum absolute atomic E-state index is 0.350. The summed E-state index contributed by atoms with van der Waals surface area (Å²) in [5, 5.41) is 0. The van der Waals surface area contributed by atoms with Crippen LogP contribution in [0.1, 0.15) is 101 Å². The molecule has 1 aliphatic heterocycles. The number of rotatable bonds is 6. The van der Waals surface area contributed by atoms with Crippen LogP contribution in [0.4, 0.5) is 11.4 Å². The Kier molecular flexibility index (Phi) is 7.24. The van der Waals surface area contributed by atoms with Gasteiger partial charge in [0, 0.05) is 17.6 Å². The van der Waals surface area contributed by atoms with Gasteiger partial charge in [-0.15, -0.1) is 0 Å². The molecule has 2 aromatic rings. The van der Waals surface area contributed by atoms with Gasteiger partial charge in [-0.1, -0.05) is 91.8 Å². The maximum atomic E-state index is 6.73. The number of nitrogens with two attached hydrogens (primary N) is 2. The van der Waals surface area contributed by atoms with E-state index in [1.165, 1.54) is 33.6 Å². The van der Waals surface area contributed by atoms with E-state index in [1.807, 2.05) is 0 Å². The molecule has 1 heterocycles. The third kappa shape index (κ3) is 4.52. The lowest BCUT2D eigenvalue weighted by atomic mass is 9.90. The minimum Gasteiger partial charge on any atom is -0.398 e. The van der Waals surface area contributed by atoms with Crippen molar-refractivity contribution < 1.29 is 0 Å². The summed E-state index contributed by atoms with van der Waals surface area (Å²) < 4.78 is 0. The van der Waals surface area contributed by atoms with E-state index >= 15 is 0 Å². The van der Waals surface area contributed by atoms with Crippen LogP contribution in [0, 0.1) is 0 Å². The minimum atomic E-state index is -0.350. The smallest absolute Gasteiger partial charge is 0.121 e. The lowest BCUT2D eigenvalue weighted by molar-refractivity contribution is 0.623. The van der Waals surface area contributed by atoms with Crippen LogP contribution in [-0.2, 0) is 0 Å². The summed E-state index contributed by atoms with van der Waals surface area (Å²) in [6, 6.07) is 13.3. The van der Waals surface area contributed by atoms with Crippen molar-refractivity contribution in [2.24, 2.45) is 11.5 Å². The van der Waals surface area contributed by atoms with Crippen molar-refractivity contribution in [3.05, 3.63) is 70.5 Å². The van der Waals surface area contributed by atoms with Gasteiger partial charge in [0.2, 0.25) is 0 Å². The van der Waals surface area contributed by atoms with E-state index in [0.29, 0.717) is 36.0 Å². The van der Waals surface area contributed by atoms with Crippen LogP contribution in [0.3, 0.4) is 0 Å². The highest BCUT2D eigenvalue weighted by Gasteiger charge is 2.31. The molecule has 0 bridgehead atoms. The predicted molar refractivity (Wildman–Crippen MR) is 139 cm³/mol. The molecule has 0 radical (unpaired) electrons. The lowest BCUT2D eigenvalue weighted by Crippen LogP contribution is -2.55. The van der Waals surface area contributed by atoms with Crippen molar-refractivity contribution in [2.45, 2.75) is 85.2 Å². The van der Waals surface area contributed by atoms with Gasteiger partial charge >= 0.3 is 0 Å². The molecule has 4 N–H and O–H groups in total. The highest BCUT2D eigenvalue weighted by atomic mass is 15.4. The van der Waals surface area contributed by atoms with Crippen LogP contribution in [0.25, 0.3) is 0 Å². The molecule has 0 aromatic heterocycles. The summed E-state index contributed by atoms with van der Waals surface area (Å²) >= 11 is 0. The molecule has 1 atom stereocenters. The molecule has 0 amide bonds. The molecule has 1 unspecified atom stereocenters. The van der Waals surface area contributed by atoms with Gasteiger partial charge in [0.05, 0.1) is 12.4 Å². The highest BCUT2D eigenvalue weighted by molar-refractivity contribution is 5.69. The van der Waals surface area contributed by atoms with Crippen molar-refractivity contribution in [1.82, 2.24) is 0 Å². The van der Waals surface area contributed by atoms with E-state index in [1.54, 1.807) is 0 Å². The Bertz CT molecular complexity index is 919. The molecule has 4 heteroatoms. The molecule has 0 saturated carbocycles. The second kappa shape index (κ2) is 9.58. The fourth-order valence-corrected chi connectivity index (χ4v) is 4.76. The molecule has 174 valence electrons. The fourth-order valence-electron chi connectivity index (χ4n) is 4.76.